The highest BCUT2D eigenvalue weighted by atomic mass is 35.5. The van der Waals surface area contributed by atoms with Crippen molar-refractivity contribution in [3.8, 4) is 11.8 Å². The van der Waals surface area contributed by atoms with Crippen LogP contribution in [-0.4, -0.2) is 6.61 Å². The number of hydrogen-bond donors (Lipinski definition) is 0. The molecule has 1 aromatic rings. The fourth-order valence-corrected chi connectivity index (χ4v) is 1.69. The zero-order valence-electron chi connectivity index (χ0n) is 8.67. The average molecular weight is 240 g/mol. The lowest BCUT2D eigenvalue weighted by atomic mass is 10.1. The van der Waals surface area contributed by atoms with Gasteiger partial charge in [-0.2, -0.15) is 5.26 Å². The summed E-state index contributed by atoms with van der Waals surface area (Å²) in [4.78, 5) is 0. The fourth-order valence-electron chi connectivity index (χ4n) is 1.52. The number of nitrogens with zero attached hydrogens (tertiary/aromatic N) is 1. The Balaban J connectivity index is 1.95. The quantitative estimate of drug-likeness (QED) is 0.805. The van der Waals surface area contributed by atoms with Gasteiger partial charge in [-0.25, -0.2) is 4.39 Å². The Morgan fingerprint density at radius 1 is 1.50 bits per heavy atom. The standard InChI is InChI=1S/C12H11ClFNO/c13-10-7-9(1-2-11(10)14)16-8-12(3-4-12)5-6-15/h1-2,7H,3-5,8H2. The van der Waals surface area contributed by atoms with Crippen molar-refractivity contribution in [3.63, 3.8) is 0 Å². The van der Waals surface area contributed by atoms with Gasteiger partial charge in [0.05, 0.1) is 17.7 Å². The Kier molecular flexibility index (Phi) is 3.02. The number of ether oxygens (including phenoxy) is 1. The average Bonchev–Trinajstić information content (AvgIpc) is 3.01. The third-order valence-electron chi connectivity index (χ3n) is 2.85. The van der Waals surface area contributed by atoms with Gasteiger partial charge in [0.25, 0.3) is 0 Å². The first-order chi connectivity index (χ1) is 7.65. The van der Waals surface area contributed by atoms with Crippen molar-refractivity contribution in [2.45, 2.75) is 19.3 Å². The van der Waals surface area contributed by atoms with Gasteiger partial charge in [-0.05, 0) is 25.0 Å². The van der Waals surface area contributed by atoms with Crippen molar-refractivity contribution >= 4 is 11.6 Å². The molecule has 1 aromatic carbocycles. The number of benzene rings is 1. The van der Waals surface area contributed by atoms with Crippen molar-refractivity contribution in [1.82, 2.24) is 0 Å². The summed E-state index contributed by atoms with van der Waals surface area (Å²) >= 11 is 5.63. The van der Waals surface area contributed by atoms with Crippen LogP contribution >= 0.6 is 11.6 Å². The first kappa shape index (κ1) is 11.2. The topological polar surface area (TPSA) is 33.0 Å². The van der Waals surface area contributed by atoms with Gasteiger partial charge in [0.2, 0.25) is 0 Å². The van der Waals surface area contributed by atoms with Crippen LogP contribution in [0.5, 0.6) is 5.75 Å². The Labute approximate surface area is 98.6 Å². The lowest BCUT2D eigenvalue weighted by Gasteiger charge is -2.12. The van der Waals surface area contributed by atoms with E-state index in [1.807, 2.05) is 0 Å². The van der Waals surface area contributed by atoms with Gasteiger partial charge in [0.15, 0.2) is 0 Å². The van der Waals surface area contributed by atoms with Crippen LogP contribution in [0.2, 0.25) is 5.02 Å². The van der Waals surface area contributed by atoms with Crippen LogP contribution in [0.25, 0.3) is 0 Å². The predicted molar refractivity (Wildman–Crippen MR) is 58.8 cm³/mol. The first-order valence-electron chi connectivity index (χ1n) is 5.10. The molecule has 0 radical (unpaired) electrons. The van der Waals surface area contributed by atoms with E-state index in [1.165, 1.54) is 12.1 Å². The van der Waals surface area contributed by atoms with E-state index in [1.54, 1.807) is 6.07 Å². The number of nitriles is 1. The zero-order valence-corrected chi connectivity index (χ0v) is 9.43. The maximum absolute atomic E-state index is 12.9. The minimum atomic E-state index is -0.452. The SMILES string of the molecule is N#CCC1(COc2ccc(F)c(Cl)c2)CC1. The van der Waals surface area contributed by atoms with Gasteiger partial charge in [0.1, 0.15) is 11.6 Å². The molecule has 0 saturated heterocycles. The number of halogens is 2. The third kappa shape index (κ3) is 2.45. The smallest absolute Gasteiger partial charge is 0.142 e. The number of hydrogen-bond acceptors (Lipinski definition) is 2. The molecule has 0 bridgehead atoms. The second kappa shape index (κ2) is 4.31. The van der Waals surface area contributed by atoms with Crippen LogP contribution in [0.15, 0.2) is 18.2 Å². The molecule has 0 aliphatic heterocycles. The summed E-state index contributed by atoms with van der Waals surface area (Å²) in [6.45, 7) is 0.503. The van der Waals surface area contributed by atoms with Crippen molar-refractivity contribution < 1.29 is 9.13 Å². The van der Waals surface area contributed by atoms with Crippen molar-refractivity contribution in [2.24, 2.45) is 5.41 Å². The largest absolute Gasteiger partial charge is 0.493 e. The van der Waals surface area contributed by atoms with E-state index >= 15 is 0 Å². The summed E-state index contributed by atoms with van der Waals surface area (Å²) in [5.74, 6) is 0.0998. The second-order valence-electron chi connectivity index (χ2n) is 4.20. The van der Waals surface area contributed by atoms with E-state index in [2.05, 4.69) is 6.07 Å². The normalized spacial score (nSPS) is 16.6. The zero-order chi connectivity index (χ0) is 11.6. The van der Waals surface area contributed by atoms with Gasteiger partial charge in [-0.15, -0.1) is 0 Å². The monoisotopic (exact) mass is 239 g/mol. The molecule has 0 amide bonds. The highest BCUT2D eigenvalue weighted by Crippen LogP contribution is 2.48. The van der Waals surface area contributed by atoms with E-state index in [0.29, 0.717) is 18.8 Å². The molecule has 1 aliphatic rings. The van der Waals surface area contributed by atoms with Gasteiger partial charge < -0.3 is 4.74 Å². The van der Waals surface area contributed by atoms with E-state index < -0.39 is 5.82 Å². The van der Waals surface area contributed by atoms with Gasteiger partial charge in [-0.1, -0.05) is 11.6 Å². The molecule has 4 heteroatoms. The summed E-state index contributed by atoms with van der Waals surface area (Å²) in [7, 11) is 0. The van der Waals surface area contributed by atoms with Gasteiger partial charge >= 0.3 is 0 Å². The number of rotatable bonds is 4. The van der Waals surface area contributed by atoms with Crippen LogP contribution in [0.1, 0.15) is 19.3 Å². The van der Waals surface area contributed by atoms with Crippen molar-refractivity contribution in [1.29, 1.82) is 5.26 Å². The van der Waals surface area contributed by atoms with Crippen LogP contribution in [0.4, 0.5) is 4.39 Å². The lowest BCUT2D eigenvalue weighted by Crippen LogP contribution is -2.12. The molecule has 0 N–H and O–H groups in total. The Morgan fingerprint density at radius 3 is 2.81 bits per heavy atom. The molecule has 1 aliphatic carbocycles. The molecule has 1 saturated carbocycles. The van der Waals surface area contributed by atoms with Crippen LogP contribution in [0.3, 0.4) is 0 Å². The molecule has 0 unspecified atom stereocenters. The maximum atomic E-state index is 12.9. The minimum absolute atomic E-state index is 0.0234. The summed E-state index contributed by atoms with van der Waals surface area (Å²) in [6.07, 6.45) is 2.56. The molecular formula is C12H11ClFNO. The Hall–Kier alpha value is -1.27. The fraction of sp³-hybridized carbons (Fsp3) is 0.417. The molecule has 0 spiro atoms. The first-order valence-corrected chi connectivity index (χ1v) is 5.48. The summed E-state index contributed by atoms with van der Waals surface area (Å²) < 4.78 is 18.4. The maximum Gasteiger partial charge on any atom is 0.142 e. The van der Waals surface area contributed by atoms with Crippen molar-refractivity contribution in [2.75, 3.05) is 6.61 Å². The second-order valence-corrected chi connectivity index (χ2v) is 4.61. The predicted octanol–water partition coefficient (Wildman–Crippen LogP) is 3.55. The molecule has 16 heavy (non-hydrogen) atoms. The van der Waals surface area contributed by atoms with Crippen molar-refractivity contribution in [3.05, 3.63) is 29.0 Å². The van der Waals surface area contributed by atoms with E-state index in [4.69, 9.17) is 21.6 Å². The van der Waals surface area contributed by atoms with Crippen LogP contribution < -0.4 is 4.74 Å². The molecule has 0 aromatic heterocycles. The van der Waals surface area contributed by atoms with Gasteiger partial charge in [0, 0.05) is 17.9 Å². The minimum Gasteiger partial charge on any atom is -0.493 e. The molecular weight excluding hydrogens is 229 g/mol. The molecule has 84 valence electrons. The van der Waals surface area contributed by atoms with Gasteiger partial charge in [-0.3, -0.25) is 0 Å². The summed E-state index contributed by atoms with van der Waals surface area (Å²) in [5, 5.41) is 8.70. The molecule has 0 heterocycles. The van der Waals surface area contributed by atoms with E-state index in [0.717, 1.165) is 12.8 Å². The van der Waals surface area contributed by atoms with Crippen LogP contribution in [-0.2, 0) is 0 Å². The van der Waals surface area contributed by atoms with Crippen LogP contribution in [0, 0.1) is 22.6 Å². The van der Waals surface area contributed by atoms with E-state index in [9.17, 15) is 4.39 Å². The Morgan fingerprint density at radius 2 is 2.25 bits per heavy atom. The summed E-state index contributed by atoms with van der Waals surface area (Å²) in [6, 6.07) is 6.44. The highest BCUT2D eigenvalue weighted by Gasteiger charge is 2.43. The van der Waals surface area contributed by atoms with E-state index in [-0.39, 0.29) is 10.4 Å². The molecule has 2 rings (SSSR count). The lowest BCUT2D eigenvalue weighted by molar-refractivity contribution is 0.236. The molecule has 0 atom stereocenters. The summed E-state index contributed by atoms with van der Waals surface area (Å²) in [5.41, 5.74) is 0.0234. The molecule has 1 fully saturated rings. The Bertz CT molecular complexity index is 437. The molecule has 2 nitrogen and oxygen atoms in total. The third-order valence-corrected chi connectivity index (χ3v) is 3.14. The highest BCUT2D eigenvalue weighted by molar-refractivity contribution is 6.30.